The lowest BCUT2D eigenvalue weighted by atomic mass is 9.68. The van der Waals surface area contributed by atoms with Gasteiger partial charge in [-0.05, 0) is 51.8 Å². The third kappa shape index (κ3) is 2.55. The van der Waals surface area contributed by atoms with Crippen LogP contribution in [0.1, 0.15) is 44.0 Å². The van der Waals surface area contributed by atoms with Gasteiger partial charge in [-0.2, -0.15) is 0 Å². The lowest BCUT2D eigenvalue weighted by molar-refractivity contribution is -0.118. The summed E-state index contributed by atoms with van der Waals surface area (Å²) in [6.45, 7) is 4.42. The van der Waals surface area contributed by atoms with Crippen molar-refractivity contribution in [2.45, 2.75) is 32.7 Å². The zero-order valence-electron chi connectivity index (χ0n) is 17.3. The first-order valence-electron chi connectivity index (χ1n) is 10.6. The summed E-state index contributed by atoms with van der Waals surface area (Å²) in [5.74, 6) is 0.260. The number of carbonyl (C=O) groups excluding carboxylic acids is 1. The van der Waals surface area contributed by atoms with Crippen LogP contribution >= 0.6 is 0 Å². The van der Waals surface area contributed by atoms with Crippen molar-refractivity contribution in [3.05, 3.63) is 83.6 Å². The van der Waals surface area contributed by atoms with Crippen LogP contribution in [0.4, 0.5) is 5.69 Å². The van der Waals surface area contributed by atoms with Crippen LogP contribution in [0.2, 0.25) is 0 Å². The molecule has 1 aliphatic heterocycles. The average molecular weight is 393 g/mol. The fraction of sp³-hybridized carbons (Fsp3) is 0.222. The number of carbonyl (C=O) groups is 1. The van der Waals surface area contributed by atoms with E-state index in [0.717, 1.165) is 28.9 Å². The summed E-state index contributed by atoms with van der Waals surface area (Å²) >= 11 is 0. The standard InChI is InChI=1S/C27H24N2O/c1-27(2)14-19-24-18-9-5-3-7-16(18)11-12-21(24)29-26(25(19)23(30)15-27)22-13-17-8-4-6-10-20(17)28-22/h3-13,26,28-29H,14-15H2,1-2H3/t26-/m0/s1. The summed E-state index contributed by atoms with van der Waals surface area (Å²) in [6, 6.07) is 23.1. The minimum Gasteiger partial charge on any atom is -0.372 e. The van der Waals surface area contributed by atoms with Crippen molar-refractivity contribution >= 4 is 38.7 Å². The van der Waals surface area contributed by atoms with Crippen LogP contribution in [0.5, 0.6) is 0 Å². The lowest BCUT2D eigenvalue weighted by Crippen LogP contribution is -2.33. The van der Waals surface area contributed by atoms with Gasteiger partial charge in [0.2, 0.25) is 0 Å². The SMILES string of the molecule is CC1(C)CC(=O)C2=C(C1)c1c(ccc3ccccc13)N[C@H]2c1cc2ccccc2[nH]1. The van der Waals surface area contributed by atoms with Gasteiger partial charge in [-0.3, -0.25) is 4.79 Å². The summed E-state index contributed by atoms with van der Waals surface area (Å²) in [5, 5.41) is 7.31. The molecule has 4 aromatic rings. The highest BCUT2D eigenvalue weighted by Crippen LogP contribution is 2.52. The molecule has 2 aliphatic rings. The second-order valence-corrected chi connectivity index (χ2v) is 9.43. The van der Waals surface area contributed by atoms with E-state index in [-0.39, 0.29) is 17.2 Å². The number of hydrogen-bond acceptors (Lipinski definition) is 2. The van der Waals surface area contributed by atoms with E-state index >= 15 is 0 Å². The van der Waals surface area contributed by atoms with E-state index in [2.05, 4.69) is 84.8 Å². The number of aromatic amines is 1. The van der Waals surface area contributed by atoms with Gasteiger partial charge in [-0.15, -0.1) is 0 Å². The summed E-state index contributed by atoms with van der Waals surface area (Å²) in [6.07, 6.45) is 1.50. The molecule has 0 saturated carbocycles. The van der Waals surface area contributed by atoms with Crippen LogP contribution in [-0.4, -0.2) is 10.8 Å². The molecule has 3 nitrogen and oxygen atoms in total. The van der Waals surface area contributed by atoms with Crippen LogP contribution in [0, 0.1) is 5.41 Å². The number of aromatic nitrogens is 1. The topological polar surface area (TPSA) is 44.9 Å². The maximum Gasteiger partial charge on any atom is 0.162 e. The molecular formula is C27H24N2O. The smallest absolute Gasteiger partial charge is 0.162 e. The highest BCUT2D eigenvalue weighted by Gasteiger charge is 2.41. The Balaban J connectivity index is 1.63. The predicted octanol–water partition coefficient (Wildman–Crippen LogP) is 6.63. The Hall–Kier alpha value is -3.33. The van der Waals surface area contributed by atoms with E-state index < -0.39 is 0 Å². The number of H-pyrrole nitrogens is 1. The van der Waals surface area contributed by atoms with Gasteiger partial charge in [0.1, 0.15) is 0 Å². The van der Waals surface area contributed by atoms with Crippen molar-refractivity contribution in [1.82, 2.24) is 4.98 Å². The number of para-hydroxylation sites is 1. The number of benzene rings is 3. The van der Waals surface area contributed by atoms with Gasteiger partial charge in [0.15, 0.2) is 5.78 Å². The van der Waals surface area contributed by atoms with E-state index in [1.54, 1.807) is 0 Å². The van der Waals surface area contributed by atoms with E-state index in [1.807, 2.05) is 6.07 Å². The Morgan fingerprint density at radius 3 is 2.50 bits per heavy atom. The third-order valence-electron chi connectivity index (χ3n) is 6.60. The van der Waals surface area contributed by atoms with Crippen molar-refractivity contribution in [1.29, 1.82) is 0 Å². The summed E-state index contributed by atoms with van der Waals surface area (Å²) < 4.78 is 0. The third-order valence-corrected chi connectivity index (χ3v) is 6.60. The van der Waals surface area contributed by atoms with Crippen molar-refractivity contribution < 1.29 is 4.79 Å². The molecule has 0 fully saturated rings. The number of Topliss-reactive ketones (excluding diaryl/α,β-unsaturated/α-hetero) is 1. The van der Waals surface area contributed by atoms with Crippen molar-refractivity contribution in [2.75, 3.05) is 5.32 Å². The first-order chi connectivity index (χ1) is 14.5. The summed E-state index contributed by atoms with van der Waals surface area (Å²) in [4.78, 5) is 17.0. The van der Waals surface area contributed by atoms with Gasteiger partial charge in [0, 0.05) is 34.5 Å². The maximum atomic E-state index is 13.5. The first kappa shape index (κ1) is 17.5. The zero-order valence-corrected chi connectivity index (χ0v) is 17.3. The predicted molar refractivity (Wildman–Crippen MR) is 124 cm³/mol. The van der Waals surface area contributed by atoms with E-state index in [0.29, 0.717) is 6.42 Å². The summed E-state index contributed by atoms with van der Waals surface area (Å²) in [5.41, 5.74) is 6.58. The zero-order chi connectivity index (χ0) is 20.5. The fourth-order valence-electron chi connectivity index (χ4n) is 5.32. The molecule has 1 aliphatic carbocycles. The largest absolute Gasteiger partial charge is 0.372 e. The van der Waals surface area contributed by atoms with Crippen LogP contribution in [-0.2, 0) is 4.79 Å². The summed E-state index contributed by atoms with van der Waals surface area (Å²) in [7, 11) is 0. The number of hydrogen-bond donors (Lipinski definition) is 2. The van der Waals surface area contributed by atoms with E-state index in [4.69, 9.17) is 0 Å². The molecule has 3 aromatic carbocycles. The van der Waals surface area contributed by atoms with Crippen molar-refractivity contribution in [2.24, 2.45) is 5.41 Å². The molecule has 3 heteroatoms. The highest BCUT2D eigenvalue weighted by atomic mass is 16.1. The molecule has 148 valence electrons. The molecule has 6 rings (SSSR count). The van der Waals surface area contributed by atoms with Gasteiger partial charge in [0.05, 0.1) is 6.04 Å². The number of anilines is 1. The first-order valence-corrected chi connectivity index (χ1v) is 10.6. The molecule has 30 heavy (non-hydrogen) atoms. The van der Waals surface area contributed by atoms with Crippen LogP contribution in [0.3, 0.4) is 0 Å². The quantitative estimate of drug-likeness (QED) is 0.382. The Morgan fingerprint density at radius 1 is 0.900 bits per heavy atom. The minimum atomic E-state index is -0.148. The minimum absolute atomic E-state index is 0.0352. The molecule has 1 atom stereocenters. The van der Waals surface area contributed by atoms with Gasteiger partial charge >= 0.3 is 0 Å². The Kier molecular flexibility index (Phi) is 3.55. The Morgan fingerprint density at radius 2 is 1.67 bits per heavy atom. The maximum absolute atomic E-state index is 13.5. The molecule has 0 unspecified atom stereocenters. The van der Waals surface area contributed by atoms with Crippen LogP contribution < -0.4 is 5.32 Å². The number of allylic oxidation sites excluding steroid dienone is 1. The molecule has 0 amide bonds. The Bertz CT molecular complexity index is 1340. The van der Waals surface area contributed by atoms with Gasteiger partial charge in [-0.25, -0.2) is 0 Å². The van der Waals surface area contributed by atoms with Crippen LogP contribution in [0.15, 0.2) is 72.3 Å². The molecule has 1 aromatic heterocycles. The molecule has 0 radical (unpaired) electrons. The number of ketones is 1. The van der Waals surface area contributed by atoms with E-state index in [1.165, 1.54) is 27.3 Å². The fourth-order valence-corrected chi connectivity index (χ4v) is 5.32. The normalized spacial score (nSPS) is 20.2. The number of rotatable bonds is 1. The van der Waals surface area contributed by atoms with Gasteiger partial charge in [-0.1, -0.05) is 62.4 Å². The molecular weight excluding hydrogens is 368 g/mol. The Labute approximate surface area is 175 Å². The highest BCUT2D eigenvalue weighted by molar-refractivity contribution is 6.13. The van der Waals surface area contributed by atoms with E-state index in [9.17, 15) is 4.79 Å². The number of fused-ring (bicyclic) bond motifs is 5. The van der Waals surface area contributed by atoms with Crippen molar-refractivity contribution in [3.8, 4) is 0 Å². The average Bonchev–Trinajstić information content (AvgIpc) is 3.16. The molecule has 0 bridgehead atoms. The van der Waals surface area contributed by atoms with Crippen molar-refractivity contribution in [3.63, 3.8) is 0 Å². The lowest BCUT2D eigenvalue weighted by Gasteiger charge is -2.39. The second-order valence-electron chi connectivity index (χ2n) is 9.43. The van der Waals surface area contributed by atoms with Gasteiger partial charge < -0.3 is 10.3 Å². The molecule has 0 spiro atoms. The second kappa shape index (κ2) is 6.09. The van der Waals surface area contributed by atoms with Crippen LogP contribution in [0.25, 0.3) is 27.2 Å². The molecule has 2 N–H and O–H groups in total. The monoisotopic (exact) mass is 392 g/mol. The molecule has 2 heterocycles. The van der Waals surface area contributed by atoms with Gasteiger partial charge in [0.25, 0.3) is 0 Å². The molecule has 0 saturated heterocycles. The number of nitrogens with one attached hydrogen (secondary N) is 2.